The van der Waals surface area contributed by atoms with Gasteiger partial charge in [0.1, 0.15) is 0 Å². The number of carbonyl (C=O) groups is 2. The summed E-state index contributed by atoms with van der Waals surface area (Å²) in [5, 5.41) is 4.00. The van der Waals surface area contributed by atoms with Crippen molar-refractivity contribution in [3.05, 3.63) is 80.8 Å². The number of hydrogen-bond acceptors (Lipinski definition) is 5. The van der Waals surface area contributed by atoms with E-state index in [9.17, 15) is 9.59 Å². The van der Waals surface area contributed by atoms with Gasteiger partial charge in [0.25, 0.3) is 5.91 Å². The van der Waals surface area contributed by atoms with E-state index in [0.29, 0.717) is 28.6 Å². The average Bonchev–Trinajstić information content (AvgIpc) is 3.00. The van der Waals surface area contributed by atoms with E-state index in [4.69, 9.17) is 16.3 Å². The van der Waals surface area contributed by atoms with Crippen LogP contribution in [0.25, 0.3) is 0 Å². The topological polar surface area (TPSA) is 68.3 Å². The summed E-state index contributed by atoms with van der Waals surface area (Å²) >= 11 is 7.47. The number of nitrogens with zero attached hydrogens (tertiary/aromatic N) is 1. The molecule has 1 aliphatic rings. The van der Waals surface area contributed by atoms with Gasteiger partial charge in [0.15, 0.2) is 10.7 Å². The fraction of sp³-hybridized carbons (Fsp3) is 0.227. The van der Waals surface area contributed by atoms with Gasteiger partial charge in [0.2, 0.25) is 0 Å². The summed E-state index contributed by atoms with van der Waals surface area (Å²) in [5.41, 5.74) is 1.95. The summed E-state index contributed by atoms with van der Waals surface area (Å²) in [6, 6.07) is 14.8. The van der Waals surface area contributed by atoms with Crippen molar-refractivity contribution in [2.24, 2.45) is 0 Å². The molecule has 3 aromatic rings. The number of thiazole rings is 1. The molecule has 1 amide bonds. The molecule has 0 spiro atoms. The normalized spacial score (nSPS) is 18.1. The molecule has 1 unspecified atom stereocenters. The minimum atomic E-state index is -1.28. The van der Waals surface area contributed by atoms with Crippen LogP contribution in [0.15, 0.2) is 48.5 Å². The van der Waals surface area contributed by atoms with Crippen LogP contribution < -0.4 is 5.32 Å². The summed E-state index contributed by atoms with van der Waals surface area (Å²) in [4.78, 5) is 30.8. The Bertz CT molecular complexity index is 1110. The second kappa shape index (κ2) is 7.61. The molecule has 2 heterocycles. The molecule has 1 aliphatic heterocycles. The van der Waals surface area contributed by atoms with Crippen molar-refractivity contribution >= 4 is 39.9 Å². The van der Waals surface area contributed by atoms with E-state index in [2.05, 4.69) is 10.3 Å². The second-order valence-corrected chi connectivity index (χ2v) is 8.76. The van der Waals surface area contributed by atoms with Crippen molar-refractivity contribution in [1.29, 1.82) is 0 Å². The van der Waals surface area contributed by atoms with Crippen LogP contribution >= 0.6 is 22.9 Å². The minimum Gasteiger partial charge on any atom is -0.445 e. The molecule has 0 radical (unpaired) electrons. The highest BCUT2D eigenvalue weighted by molar-refractivity contribution is 7.15. The van der Waals surface area contributed by atoms with E-state index in [1.54, 1.807) is 19.1 Å². The van der Waals surface area contributed by atoms with Gasteiger partial charge in [-0.15, -0.1) is 11.3 Å². The Morgan fingerprint density at radius 2 is 2.07 bits per heavy atom. The molecule has 29 heavy (non-hydrogen) atoms. The van der Waals surface area contributed by atoms with E-state index < -0.39 is 11.6 Å². The molecular formula is C22H19ClN2O3S. The predicted molar refractivity (Wildman–Crippen MR) is 114 cm³/mol. The van der Waals surface area contributed by atoms with Crippen LogP contribution in [0.3, 0.4) is 0 Å². The van der Waals surface area contributed by atoms with Gasteiger partial charge in [-0.1, -0.05) is 41.9 Å². The summed E-state index contributed by atoms with van der Waals surface area (Å²) in [5.74, 6) is -0.870. The first-order valence-electron chi connectivity index (χ1n) is 9.17. The number of esters is 1. The third kappa shape index (κ3) is 4.04. The number of amides is 1. The number of ether oxygens (including phenoxy) is 1. The van der Waals surface area contributed by atoms with Crippen molar-refractivity contribution in [2.45, 2.75) is 32.3 Å². The summed E-state index contributed by atoms with van der Waals surface area (Å²) in [6.45, 7) is 3.54. The molecule has 0 saturated heterocycles. The van der Waals surface area contributed by atoms with Crippen molar-refractivity contribution in [2.75, 3.05) is 5.32 Å². The van der Waals surface area contributed by atoms with Gasteiger partial charge in [0, 0.05) is 22.7 Å². The van der Waals surface area contributed by atoms with Gasteiger partial charge >= 0.3 is 5.97 Å². The molecule has 5 nitrogen and oxygen atoms in total. The zero-order valence-corrected chi connectivity index (χ0v) is 17.6. The maximum absolute atomic E-state index is 12.9. The number of fused-ring (bicyclic) bond motifs is 1. The number of carbonyl (C=O) groups excluding carboxylic acids is 2. The Kier molecular flexibility index (Phi) is 5.15. The number of nitrogens with one attached hydrogen (secondary N) is 1. The highest BCUT2D eigenvalue weighted by atomic mass is 35.5. The number of anilines is 1. The fourth-order valence-electron chi connectivity index (χ4n) is 3.37. The second-order valence-electron chi connectivity index (χ2n) is 7.24. The van der Waals surface area contributed by atoms with Crippen LogP contribution in [0.4, 0.5) is 5.13 Å². The third-order valence-electron chi connectivity index (χ3n) is 4.93. The van der Waals surface area contributed by atoms with Crippen LogP contribution in [0, 0.1) is 6.92 Å². The zero-order valence-electron chi connectivity index (χ0n) is 16.0. The molecule has 1 aromatic heterocycles. The monoisotopic (exact) mass is 426 g/mol. The van der Waals surface area contributed by atoms with E-state index in [1.165, 1.54) is 11.3 Å². The largest absolute Gasteiger partial charge is 0.445 e. The van der Waals surface area contributed by atoms with Crippen molar-refractivity contribution in [1.82, 2.24) is 4.98 Å². The third-order valence-corrected chi connectivity index (χ3v) is 6.24. The lowest BCUT2D eigenvalue weighted by Gasteiger charge is -2.32. The highest BCUT2D eigenvalue weighted by Crippen LogP contribution is 2.31. The number of benzene rings is 2. The standard InChI is InChI=1S/C22H19ClN2O3S/c1-13-18(11-14-6-5-8-16(23)10-14)29-21(24-13)25-20(27)22(2)12-15-7-3-4-9-17(15)19(26)28-22/h3-10H,11-12H2,1-2H3,(H,24,25,27). The lowest BCUT2D eigenvalue weighted by atomic mass is 9.89. The lowest BCUT2D eigenvalue weighted by Crippen LogP contribution is -2.48. The Hall–Kier alpha value is -2.70. The number of halogens is 1. The Labute approximate surface area is 177 Å². The van der Waals surface area contributed by atoms with Crippen molar-refractivity contribution < 1.29 is 14.3 Å². The lowest BCUT2D eigenvalue weighted by molar-refractivity contribution is -0.134. The molecule has 148 valence electrons. The summed E-state index contributed by atoms with van der Waals surface area (Å²) in [6.07, 6.45) is 1.00. The van der Waals surface area contributed by atoms with Crippen LogP contribution in [0.2, 0.25) is 5.02 Å². The summed E-state index contributed by atoms with van der Waals surface area (Å²) in [7, 11) is 0. The Balaban J connectivity index is 1.51. The van der Waals surface area contributed by atoms with Crippen LogP contribution in [0.1, 0.15) is 39.0 Å². The van der Waals surface area contributed by atoms with Crippen molar-refractivity contribution in [3.63, 3.8) is 0 Å². The van der Waals surface area contributed by atoms with Crippen LogP contribution in [0.5, 0.6) is 0 Å². The van der Waals surface area contributed by atoms with Crippen LogP contribution in [-0.4, -0.2) is 22.5 Å². The first-order valence-corrected chi connectivity index (χ1v) is 10.4. The van der Waals surface area contributed by atoms with Gasteiger partial charge in [-0.05, 0) is 43.2 Å². The average molecular weight is 427 g/mol. The zero-order chi connectivity index (χ0) is 20.6. The van der Waals surface area contributed by atoms with Gasteiger partial charge in [-0.25, -0.2) is 9.78 Å². The molecule has 7 heteroatoms. The van der Waals surface area contributed by atoms with E-state index >= 15 is 0 Å². The molecular weight excluding hydrogens is 408 g/mol. The van der Waals surface area contributed by atoms with Gasteiger partial charge in [-0.2, -0.15) is 0 Å². The number of hydrogen-bond donors (Lipinski definition) is 1. The fourth-order valence-corrected chi connectivity index (χ4v) is 4.57. The van der Waals surface area contributed by atoms with E-state index in [-0.39, 0.29) is 5.91 Å². The van der Waals surface area contributed by atoms with Crippen molar-refractivity contribution in [3.8, 4) is 0 Å². The van der Waals surface area contributed by atoms with E-state index in [0.717, 1.165) is 21.7 Å². The van der Waals surface area contributed by atoms with E-state index in [1.807, 2.05) is 43.3 Å². The molecule has 1 atom stereocenters. The number of aryl methyl sites for hydroxylation is 1. The SMILES string of the molecule is Cc1nc(NC(=O)C2(C)Cc3ccccc3C(=O)O2)sc1Cc1cccc(Cl)c1. The highest BCUT2D eigenvalue weighted by Gasteiger charge is 2.42. The van der Waals surface area contributed by atoms with Gasteiger partial charge in [0.05, 0.1) is 11.3 Å². The molecule has 4 rings (SSSR count). The molecule has 1 N–H and O–H groups in total. The quantitative estimate of drug-likeness (QED) is 0.608. The maximum atomic E-state index is 12.9. The molecule has 0 fully saturated rings. The number of cyclic esters (lactones) is 1. The molecule has 0 saturated carbocycles. The van der Waals surface area contributed by atoms with Gasteiger partial charge < -0.3 is 4.74 Å². The minimum absolute atomic E-state index is 0.320. The Morgan fingerprint density at radius 3 is 2.86 bits per heavy atom. The summed E-state index contributed by atoms with van der Waals surface area (Å²) < 4.78 is 5.49. The number of rotatable bonds is 4. The molecule has 2 aromatic carbocycles. The predicted octanol–water partition coefficient (Wildman–Crippen LogP) is 4.81. The Morgan fingerprint density at radius 1 is 1.28 bits per heavy atom. The number of aromatic nitrogens is 1. The van der Waals surface area contributed by atoms with Gasteiger partial charge in [-0.3, -0.25) is 10.1 Å². The molecule has 0 aliphatic carbocycles. The maximum Gasteiger partial charge on any atom is 0.339 e. The smallest absolute Gasteiger partial charge is 0.339 e. The first-order chi connectivity index (χ1) is 13.8. The van der Waals surface area contributed by atoms with Crippen LogP contribution in [-0.2, 0) is 22.4 Å². The first kappa shape index (κ1) is 19.6. The molecule has 0 bridgehead atoms.